The molecular formula is C24H31ClN2O5. The van der Waals surface area contributed by atoms with Crippen LogP contribution in [0.4, 0.5) is 5.69 Å². The third-order valence-electron chi connectivity index (χ3n) is 9.41. The SMILES string of the molecule is COC1C[C@@]23Oc4c5c(cc([N+](=O)[O-])c4C[C@]2(C)[C@@H](C)CC[C@H]3C(C)(C)C1Cl)C(=O)NC5. The van der Waals surface area contributed by atoms with E-state index in [4.69, 9.17) is 21.1 Å². The van der Waals surface area contributed by atoms with Crippen molar-refractivity contribution >= 4 is 23.2 Å². The summed E-state index contributed by atoms with van der Waals surface area (Å²) in [5, 5.41) is 14.7. The predicted molar refractivity (Wildman–Crippen MR) is 120 cm³/mol. The average Bonchev–Trinajstić information content (AvgIpc) is 3.10. The van der Waals surface area contributed by atoms with Gasteiger partial charge in [0.15, 0.2) is 0 Å². The van der Waals surface area contributed by atoms with Crippen molar-refractivity contribution in [2.24, 2.45) is 22.7 Å². The Morgan fingerprint density at radius 2 is 2.00 bits per heavy atom. The molecule has 0 radical (unpaired) electrons. The van der Waals surface area contributed by atoms with Gasteiger partial charge in [0.1, 0.15) is 11.4 Å². The minimum Gasteiger partial charge on any atom is -0.485 e. The van der Waals surface area contributed by atoms with Crippen LogP contribution in [0.25, 0.3) is 0 Å². The summed E-state index contributed by atoms with van der Waals surface area (Å²) in [6.45, 7) is 9.18. The Hall–Kier alpha value is -1.86. The minimum atomic E-state index is -0.581. The Balaban J connectivity index is 1.77. The first-order valence-corrected chi connectivity index (χ1v) is 11.9. The van der Waals surface area contributed by atoms with Crippen LogP contribution in [0.2, 0.25) is 0 Å². The molecule has 2 fully saturated rings. The van der Waals surface area contributed by atoms with Crippen LogP contribution >= 0.6 is 11.6 Å². The highest BCUT2D eigenvalue weighted by Gasteiger charge is 2.70. The fourth-order valence-corrected chi connectivity index (χ4v) is 7.69. The predicted octanol–water partition coefficient (Wildman–Crippen LogP) is 4.62. The number of nitro benzene ring substituents is 1. The lowest BCUT2D eigenvalue weighted by Crippen LogP contribution is -2.72. The van der Waals surface area contributed by atoms with E-state index in [1.54, 1.807) is 7.11 Å². The lowest BCUT2D eigenvalue weighted by molar-refractivity contribution is -0.386. The highest BCUT2D eigenvalue weighted by Crippen LogP contribution is 2.67. The summed E-state index contributed by atoms with van der Waals surface area (Å²) >= 11 is 6.96. The molecule has 1 aromatic rings. The molecule has 1 aromatic carbocycles. The van der Waals surface area contributed by atoms with Crippen molar-refractivity contribution < 1.29 is 19.2 Å². The molecule has 32 heavy (non-hydrogen) atoms. The van der Waals surface area contributed by atoms with Gasteiger partial charge in [0.25, 0.3) is 11.6 Å². The highest BCUT2D eigenvalue weighted by atomic mass is 35.5. The Morgan fingerprint density at radius 3 is 2.66 bits per heavy atom. The van der Waals surface area contributed by atoms with E-state index in [9.17, 15) is 14.9 Å². The van der Waals surface area contributed by atoms with E-state index in [-0.39, 0.29) is 44.7 Å². The van der Waals surface area contributed by atoms with Crippen molar-refractivity contribution in [1.82, 2.24) is 5.32 Å². The Kier molecular flexibility index (Phi) is 4.68. The van der Waals surface area contributed by atoms with Crippen molar-refractivity contribution in [2.45, 2.75) is 77.0 Å². The van der Waals surface area contributed by atoms with Gasteiger partial charge in [-0.1, -0.05) is 27.7 Å². The third kappa shape index (κ3) is 2.55. The second-order valence-electron chi connectivity index (χ2n) is 11.0. The van der Waals surface area contributed by atoms with Crippen LogP contribution < -0.4 is 10.1 Å². The summed E-state index contributed by atoms with van der Waals surface area (Å²) < 4.78 is 12.9. The first-order valence-electron chi connectivity index (χ1n) is 11.4. The number of hydrogen-bond donors (Lipinski definition) is 1. The number of carbonyl (C=O) groups is 1. The van der Waals surface area contributed by atoms with Crippen LogP contribution in [-0.4, -0.2) is 35.0 Å². The Bertz CT molecular complexity index is 1030. The molecular weight excluding hydrogens is 432 g/mol. The zero-order valence-electron chi connectivity index (χ0n) is 19.3. The second kappa shape index (κ2) is 6.83. The molecule has 2 unspecified atom stereocenters. The van der Waals surface area contributed by atoms with Crippen LogP contribution in [0.3, 0.4) is 0 Å². The molecule has 2 heterocycles. The lowest BCUT2D eigenvalue weighted by Gasteiger charge is -2.67. The molecule has 2 aliphatic heterocycles. The fourth-order valence-electron chi connectivity index (χ4n) is 7.34. The van der Waals surface area contributed by atoms with E-state index in [0.717, 1.165) is 18.4 Å². The number of hydrogen-bond acceptors (Lipinski definition) is 5. The van der Waals surface area contributed by atoms with Crippen molar-refractivity contribution in [3.8, 4) is 5.75 Å². The van der Waals surface area contributed by atoms with Gasteiger partial charge in [0, 0.05) is 43.0 Å². The minimum absolute atomic E-state index is 0.0187. The average molecular weight is 463 g/mol. The van der Waals surface area contributed by atoms with Crippen LogP contribution in [0.15, 0.2) is 6.07 Å². The van der Waals surface area contributed by atoms with Gasteiger partial charge in [0.2, 0.25) is 0 Å². The smallest absolute Gasteiger partial charge is 0.277 e. The number of methoxy groups -OCH3 is 1. The van der Waals surface area contributed by atoms with Crippen LogP contribution in [0, 0.1) is 32.8 Å². The maximum atomic E-state index is 12.4. The van der Waals surface area contributed by atoms with Gasteiger partial charge in [0.05, 0.1) is 27.5 Å². The Morgan fingerprint density at radius 1 is 1.28 bits per heavy atom. The van der Waals surface area contributed by atoms with Gasteiger partial charge in [-0.15, -0.1) is 11.6 Å². The number of alkyl halides is 1. The van der Waals surface area contributed by atoms with Crippen molar-refractivity contribution in [3.05, 3.63) is 32.9 Å². The molecule has 1 N–H and O–H groups in total. The molecule has 4 aliphatic rings. The van der Waals surface area contributed by atoms with Crippen molar-refractivity contribution in [1.29, 1.82) is 0 Å². The summed E-state index contributed by atoms with van der Waals surface area (Å²) in [6.07, 6.45) is 2.97. The molecule has 6 atom stereocenters. The first kappa shape index (κ1) is 22.0. The van der Waals surface area contributed by atoms with Gasteiger partial charge >= 0.3 is 0 Å². The maximum absolute atomic E-state index is 12.4. The van der Waals surface area contributed by atoms with Gasteiger partial charge in [-0.25, -0.2) is 0 Å². The van der Waals surface area contributed by atoms with E-state index in [1.165, 1.54) is 6.07 Å². The van der Waals surface area contributed by atoms with E-state index in [0.29, 0.717) is 42.2 Å². The fraction of sp³-hybridized carbons (Fsp3) is 0.708. The number of amides is 1. The summed E-state index contributed by atoms with van der Waals surface area (Å²) in [4.78, 5) is 24.1. The van der Waals surface area contributed by atoms with Gasteiger partial charge in [-0.2, -0.15) is 0 Å². The summed E-state index contributed by atoms with van der Waals surface area (Å²) in [5.41, 5.74) is 0.524. The number of ether oxygens (including phenoxy) is 2. The summed E-state index contributed by atoms with van der Waals surface area (Å²) in [5.74, 6) is 0.717. The van der Waals surface area contributed by atoms with Gasteiger partial charge < -0.3 is 14.8 Å². The van der Waals surface area contributed by atoms with Crippen molar-refractivity contribution in [3.63, 3.8) is 0 Å². The quantitative estimate of drug-likeness (QED) is 0.393. The number of fused-ring (bicyclic) bond motifs is 3. The second-order valence-corrected chi connectivity index (χ2v) is 11.5. The molecule has 0 saturated heterocycles. The zero-order chi connectivity index (χ0) is 23.2. The number of benzene rings is 1. The monoisotopic (exact) mass is 462 g/mol. The lowest BCUT2D eigenvalue weighted by atomic mass is 9.43. The van der Waals surface area contributed by atoms with Crippen LogP contribution in [0.1, 0.15) is 68.4 Å². The number of carbonyl (C=O) groups excluding carboxylic acids is 1. The van der Waals surface area contributed by atoms with Gasteiger partial charge in [-0.3, -0.25) is 14.9 Å². The molecule has 1 amide bonds. The number of halogens is 1. The molecule has 2 aliphatic carbocycles. The van der Waals surface area contributed by atoms with E-state index < -0.39 is 5.60 Å². The maximum Gasteiger partial charge on any atom is 0.277 e. The molecule has 2 saturated carbocycles. The zero-order valence-corrected chi connectivity index (χ0v) is 20.0. The Labute approximate surface area is 193 Å². The van der Waals surface area contributed by atoms with Crippen LogP contribution in [-0.2, 0) is 17.7 Å². The molecule has 8 heteroatoms. The third-order valence-corrected chi connectivity index (χ3v) is 10.3. The van der Waals surface area contributed by atoms with E-state index >= 15 is 0 Å². The van der Waals surface area contributed by atoms with Gasteiger partial charge in [-0.05, 0) is 30.6 Å². The number of nitrogens with one attached hydrogen (secondary N) is 1. The molecule has 0 bridgehead atoms. The summed E-state index contributed by atoms with van der Waals surface area (Å²) in [7, 11) is 1.69. The van der Waals surface area contributed by atoms with E-state index in [1.807, 2.05) is 0 Å². The van der Waals surface area contributed by atoms with Crippen LogP contribution in [0.5, 0.6) is 5.75 Å². The largest absolute Gasteiger partial charge is 0.485 e. The number of nitrogens with zero attached hydrogens (tertiary/aromatic N) is 1. The summed E-state index contributed by atoms with van der Waals surface area (Å²) in [6, 6.07) is 1.43. The topological polar surface area (TPSA) is 90.7 Å². The number of nitro groups is 1. The molecule has 0 aromatic heterocycles. The first-order chi connectivity index (χ1) is 15.0. The molecule has 1 spiro atoms. The molecule has 7 nitrogen and oxygen atoms in total. The normalized spacial score (nSPS) is 39.1. The van der Waals surface area contributed by atoms with Crippen molar-refractivity contribution in [2.75, 3.05) is 7.11 Å². The molecule has 5 rings (SSSR count). The van der Waals surface area contributed by atoms with E-state index in [2.05, 4.69) is 33.0 Å². The molecule has 174 valence electrons. The standard InChI is InChI=1S/C24H31ClN2O5/c1-12-6-7-18-22(2,3)20(25)17(31-5)10-24(18)23(12,4)9-14-16(27(29)30)8-13-15(19(14)32-24)11-26-21(13)28/h8,12,17-18,20H,6-7,9-11H2,1-5H3,(H,26,28)/t12-,17?,18-,20?,23+,24-/m0/s1. The highest BCUT2D eigenvalue weighted by molar-refractivity contribution is 6.21. The number of rotatable bonds is 2.